The molecule has 0 fully saturated rings. The highest BCUT2D eigenvalue weighted by molar-refractivity contribution is 6.15. The second kappa shape index (κ2) is 7.35. The van der Waals surface area contributed by atoms with Gasteiger partial charge in [-0.05, 0) is 49.5 Å². The average molecular weight is 422 g/mol. The van der Waals surface area contributed by atoms with Crippen LogP contribution in [0.4, 0.5) is 0 Å². The molecule has 0 unspecified atom stereocenters. The molecule has 0 aliphatic carbocycles. The molecule has 0 aliphatic rings. The first-order valence-corrected chi connectivity index (χ1v) is 10.5. The van der Waals surface area contributed by atoms with E-state index in [2.05, 4.69) is 6.07 Å². The van der Waals surface area contributed by atoms with Crippen LogP contribution in [0.5, 0.6) is 0 Å². The van der Waals surface area contributed by atoms with E-state index in [0.29, 0.717) is 33.7 Å². The van der Waals surface area contributed by atoms with Gasteiger partial charge in [-0.15, -0.1) is 0 Å². The summed E-state index contributed by atoms with van der Waals surface area (Å²) >= 11 is 0. The van der Waals surface area contributed by atoms with Crippen LogP contribution in [0.1, 0.15) is 33.4 Å². The van der Waals surface area contributed by atoms with Gasteiger partial charge in [0.2, 0.25) is 5.69 Å². The standard InChI is InChI=1S/C29H25N2O/c1-17-11-13-24-27-22(16-30)12-14-23(21-9-7-6-8-10-21)28(27)32-29(24)26(17)25-15-18(2)19(3)20(4)31(25)5/h6-15H,1-5H3/q+1/i3D3,15D. The molecule has 2 heterocycles. The Morgan fingerprint density at radius 1 is 0.969 bits per heavy atom. The molecular weight excluding hydrogens is 392 g/mol. The molecule has 0 radical (unpaired) electrons. The van der Waals surface area contributed by atoms with E-state index < -0.39 is 6.85 Å². The quantitative estimate of drug-likeness (QED) is 0.292. The van der Waals surface area contributed by atoms with Crippen molar-refractivity contribution in [3.05, 3.63) is 88.6 Å². The van der Waals surface area contributed by atoms with Gasteiger partial charge in [0.05, 0.1) is 18.6 Å². The van der Waals surface area contributed by atoms with Crippen molar-refractivity contribution in [3.8, 4) is 28.5 Å². The summed E-state index contributed by atoms with van der Waals surface area (Å²) in [5.74, 6) is 0. The molecule has 3 nitrogen and oxygen atoms in total. The Balaban J connectivity index is 1.94. The molecule has 0 N–H and O–H groups in total. The normalized spacial score (nSPS) is 13.5. The third kappa shape index (κ3) is 2.84. The summed E-state index contributed by atoms with van der Waals surface area (Å²) < 4.78 is 41.4. The Bertz CT molecular complexity index is 1700. The van der Waals surface area contributed by atoms with Gasteiger partial charge in [0, 0.05) is 39.0 Å². The van der Waals surface area contributed by atoms with E-state index in [0.717, 1.165) is 33.0 Å². The number of benzene rings is 3. The van der Waals surface area contributed by atoms with Crippen LogP contribution in [0.3, 0.4) is 0 Å². The van der Waals surface area contributed by atoms with Crippen molar-refractivity contribution in [2.45, 2.75) is 27.6 Å². The zero-order chi connectivity index (χ0) is 25.9. The smallest absolute Gasteiger partial charge is 0.216 e. The molecule has 2 aromatic heterocycles. The van der Waals surface area contributed by atoms with E-state index in [-0.39, 0.29) is 11.6 Å². The zero-order valence-electron chi connectivity index (χ0n) is 22.5. The third-order valence-electron chi connectivity index (χ3n) is 6.32. The molecule has 0 saturated heterocycles. The van der Waals surface area contributed by atoms with E-state index >= 15 is 0 Å². The van der Waals surface area contributed by atoms with Crippen molar-refractivity contribution in [2.75, 3.05) is 0 Å². The maximum Gasteiger partial charge on any atom is 0.216 e. The summed E-state index contributed by atoms with van der Waals surface area (Å²) in [5.41, 5.74) is 6.97. The average Bonchev–Trinajstić information content (AvgIpc) is 3.23. The number of pyridine rings is 1. The molecule has 0 bridgehead atoms. The van der Waals surface area contributed by atoms with Crippen LogP contribution in [-0.4, -0.2) is 0 Å². The Kier molecular flexibility index (Phi) is 3.64. The molecule has 3 aromatic carbocycles. The molecule has 0 atom stereocenters. The largest absolute Gasteiger partial charge is 0.454 e. The minimum Gasteiger partial charge on any atom is -0.454 e. The first-order chi connectivity index (χ1) is 17.1. The number of hydrogen-bond donors (Lipinski definition) is 0. The van der Waals surface area contributed by atoms with Crippen LogP contribution in [0, 0.1) is 39.0 Å². The van der Waals surface area contributed by atoms with E-state index in [1.165, 1.54) is 0 Å². The topological polar surface area (TPSA) is 40.8 Å². The van der Waals surface area contributed by atoms with Gasteiger partial charge in [0.25, 0.3) is 0 Å². The summed E-state index contributed by atoms with van der Waals surface area (Å²) in [7, 11) is 1.79. The van der Waals surface area contributed by atoms with Gasteiger partial charge in [-0.25, -0.2) is 0 Å². The van der Waals surface area contributed by atoms with Gasteiger partial charge in [-0.2, -0.15) is 9.83 Å². The van der Waals surface area contributed by atoms with E-state index in [1.54, 1.807) is 25.5 Å². The van der Waals surface area contributed by atoms with Crippen LogP contribution in [-0.2, 0) is 7.05 Å². The van der Waals surface area contributed by atoms with Crippen LogP contribution in [0.25, 0.3) is 44.3 Å². The number of fused-ring (bicyclic) bond motifs is 3. The monoisotopic (exact) mass is 421 g/mol. The Morgan fingerprint density at radius 3 is 2.47 bits per heavy atom. The lowest BCUT2D eigenvalue weighted by molar-refractivity contribution is -0.667. The zero-order valence-corrected chi connectivity index (χ0v) is 18.5. The molecule has 5 aromatic rings. The molecular formula is C29H25N2O+. The van der Waals surface area contributed by atoms with E-state index in [4.69, 9.17) is 9.90 Å². The van der Waals surface area contributed by atoms with Gasteiger partial charge in [0.15, 0.2) is 5.69 Å². The molecule has 0 aliphatic heterocycles. The number of rotatable bonds is 2. The first-order valence-electron chi connectivity index (χ1n) is 12.5. The lowest BCUT2D eigenvalue weighted by Gasteiger charge is -2.10. The minimum atomic E-state index is -2.33. The van der Waals surface area contributed by atoms with Crippen molar-refractivity contribution in [3.63, 3.8) is 0 Å². The highest BCUT2D eigenvalue weighted by Crippen LogP contribution is 2.42. The number of hydrogen-bond acceptors (Lipinski definition) is 2. The predicted octanol–water partition coefficient (Wildman–Crippen LogP) is 6.85. The lowest BCUT2D eigenvalue weighted by Crippen LogP contribution is -2.36. The van der Waals surface area contributed by atoms with Crippen molar-refractivity contribution in [1.82, 2.24) is 0 Å². The number of nitrogens with zero attached hydrogens (tertiary/aromatic N) is 2. The van der Waals surface area contributed by atoms with Gasteiger partial charge in [-0.1, -0.05) is 42.5 Å². The van der Waals surface area contributed by atoms with Crippen LogP contribution < -0.4 is 4.57 Å². The number of aromatic nitrogens is 1. The Hall–Kier alpha value is -3.90. The van der Waals surface area contributed by atoms with Crippen LogP contribution in [0.15, 0.2) is 65.1 Å². The molecule has 156 valence electrons. The van der Waals surface area contributed by atoms with Crippen molar-refractivity contribution in [2.24, 2.45) is 7.05 Å². The molecule has 0 amide bonds. The second-order valence-corrected chi connectivity index (χ2v) is 8.20. The van der Waals surface area contributed by atoms with Crippen LogP contribution >= 0.6 is 0 Å². The summed E-state index contributed by atoms with van der Waals surface area (Å²) in [4.78, 5) is 0. The molecule has 32 heavy (non-hydrogen) atoms. The molecule has 0 saturated carbocycles. The van der Waals surface area contributed by atoms with Crippen molar-refractivity contribution >= 4 is 21.9 Å². The molecule has 5 rings (SSSR count). The SMILES string of the molecule is [2H]c1c(C)c(C([2H])([2H])[2H])c(C)[n+](C)c1-c1c(C)ccc2c1oc1c(-c3ccccc3)ccc(C#N)c12. The first kappa shape index (κ1) is 15.8. The van der Waals surface area contributed by atoms with E-state index in [9.17, 15) is 5.26 Å². The Labute approximate surface area is 193 Å². The summed E-state index contributed by atoms with van der Waals surface area (Å²) in [5, 5.41) is 11.4. The predicted molar refractivity (Wildman–Crippen MR) is 129 cm³/mol. The fraction of sp³-hybridized carbons (Fsp3) is 0.172. The molecule has 3 heteroatoms. The maximum atomic E-state index is 9.90. The van der Waals surface area contributed by atoms with Crippen molar-refractivity contribution in [1.29, 1.82) is 5.26 Å². The highest BCUT2D eigenvalue weighted by atomic mass is 16.3. The summed E-state index contributed by atoms with van der Waals surface area (Å²) in [6.07, 6.45) is 0. The summed E-state index contributed by atoms with van der Waals surface area (Å²) in [6, 6.07) is 20.0. The highest BCUT2D eigenvalue weighted by Gasteiger charge is 2.25. The summed E-state index contributed by atoms with van der Waals surface area (Å²) in [6.45, 7) is 3.09. The number of furan rings is 1. The minimum absolute atomic E-state index is 0.147. The fourth-order valence-electron chi connectivity index (χ4n) is 4.44. The van der Waals surface area contributed by atoms with Gasteiger partial charge >= 0.3 is 0 Å². The number of aryl methyl sites for hydroxylation is 1. The van der Waals surface area contributed by atoms with Crippen LogP contribution in [0.2, 0.25) is 0 Å². The van der Waals surface area contributed by atoms with Crippen molar-refractivity contribution < 1.29 is 14.5 Å². The molecule has 0 spiro atoms. The maximum absolute atomic E-state index is 9.90. The van der Waals surface area contributed by atoms with E-state index in [1.807, 2.05) is 61.5 Å². The lowest BCUT2D eigenvalue weighted by atomic mass is 9.95. The van der Waals surface area contributed by atoms with Gasteiger partial charge in [-0.3, -0.25) is 0 Å². The fourth-order valence-corrected chi connectivity index (χ4v) is 4.44. The third-order valence-corrected chi connectivity index (χ3v) is 6.32. The number of nitriles is 1. The second-order valence-electron chi connectivity index (χ2n) is 8.20. The van der Waals surface area contributed by atoms with Gasteiger partial charge in [0.1, 0.15) is 18.2 Å². The van der Waals surface area contributed by atoms with Gasteiger partial charge < -0.3 is 4.42 Å². The Morgan fingerprint density at radius 2 is 1.75 bits per heavy atom.